The number of aromatic nitrogens is 3. The van der Waals surface area contributed by atoms with Gasteiger partial charge in [0.15, 0.2) is 0 Å². The lowest BCUT2D eigenvalue weighted by Crippen LogP contribution is -1.95. The van der Waals surface area contributed by atoms with Gasteiger partial charge in [-0.2, -0.15) is 5.10 Å². The molecule has 2 N–H and O–H groups in total. The summed E-state index contributed by atoms with van der Waals surface area (Å²) in [5, 5.41) is 5.10. The van der Waals surface area contributed by atoms with Crippen molar-refractivity contribution in [2.75, 3.05) is 0 Å². The zero-order chi connectivity index (χ0) is 10.1. The Morgan fingerprint density at radius 3 is 2.79 bits per heavy atom. The molecular weight excluding hydrogens is 196 g/mol. The van der Waals surface area contributed by atoms with Gasteiger partial charge in [0.05, 0.1) is 11.9 Å². The second-order valence-electron chi connectivity index (χ2n) is 3.14. The first-order valence-corrected chi connectivity index (χ1v) is 5.20. The normalized spacial score (nSPS) is 10.8. The van der Waals surface area contributed by atoms with E-state index in [1.54, 1.807) is 22.2 Å². The Morgan fingerprint density at radius 2 is 2.29 bits per heavy atom. The number of rotatable bonds is 2. The predicted molar refractivity (Wildman–Crippen MR) is 56.6 cm³/mol. The lowest BCUT2D eigenvalue weighted by atomic mass is 10.4. The van der Waals surface area contributed by atoms with E-state index in [1.807, 2.05) is 13.1 Å². The number of nitrogens with two attached hydrogens (primary N) is 1. The van der Waals surface area contributed by atoms with Crippen LogP contribution in [0.25, 0.3) is 5.13 Å². The van der Waals surface area contributed by atoms with Crippen LogP contribution in [0.3, 0.4) is 0 Å². The highest BCUT2D eigenvalue weighted by Gasteiger charge is 2.06. The molecule has 2 aromatic heterocycles. The van der Waals surface area contributed by atoms with E-state index in [1.165, 1.54) is 4.88 Å². The molecule has 0 unspecified atom stereocenters. The Kier molecular flexibility index (Phi) is 2.35. The van der Waals surface area contributed by atoms with Gasteiger partial charge in [-0.05, 0) is 13.8 Å². The third kappa shape index (κ3) is 1.56. The number of nitrogens with zero attached hydrogens (tertiary/aromatic N) is 3. The molecule has 0 aromatic carbocycles. The molecule has 0 bridgehead atoms. The van der Waals surface area contributed by atoms with Crippen molar-refractivity contribution in [1.82, 2.24) is 14.8 Å². The second-order valence-corrected chi connectivity index (χ2v) is 4.32. The Morgan fingerprint density at radius 1 is 1.50 bits per heavy atom. The molecule has 2 aromatic rings. The molecule has 0 fully saturated rings. The van der Waals surface area contributed by atoms with Gasteiger partial charge in [-0.15, -0.1) is 0 Å². The first-order chi connectivity index (χ1) is 6.70. The summed E-state index contributed by atoms with van der Waals surface area (Å²) in [5.74, 6) is 0. The zero-order valence-corrected chi connectivity index (χ0v) is 9.01. The van der Waals surface area contributed by atoms with Crippen LogP contribution in [0.5, 0.6) is 0 Å². The average molecular weight is 208 g/mol. The predicted octanol–water partition coefficient (Wildman–Crippen LogP) is 1.40. The Hall–Kier alpha value is -1.20. The molecule has 0 atom stereocenters. The van der Waals surface area contributed by atoms with Crippen LogP contribution >= 0.6 is 11.3 Å². The maximum atomic E-state index is 5.51. The maximum absolute atomic E-state index is 5.51. The van der Waals surface area contributed by atoms with Crippen LogP contribution in [0, 0.1) is 13.8 Å². The Balaban J connectivity index is 2.39. The zero-order valence-electron chi connectivity index (χ0n) is 8.19. The molecule has 0 saturated heterocycles. The van der Waals surface area contributed by atoms with Crippen LogP contribution in [-0.2, 0) is 6.54 Å². The standard InChI is InChI=1S/C9H12N4S/c1-6-7(2)14-9(12-6)13-5-8(3-10)4-11-13/h4-5H,3,10H2,1-2H3. The summed E-state index contributed by atoms with van der Waals surface area (Å²) in [6.45, 7) is 4.58. The van der Waals surface area contributed by atoms with Gasteiger partial charge in [0.1, 0.15) is 0 Å². The summed E-state index contributed by atoms with van der Waals surface area (Å²) in [7, 11) is 0. The fourth-order valence-corrected chi connectivity index (χ4v) is 1.97. The largest absolute Gasteiger partial charge is 0.326 e. The third-order valence-electron chi connectivity index (χ3n) is 2.08. The van der Waals surface area contributed by atoms with E-state index in [0.717, 1.165) is 16.4 Å². The maximum Gasteiger partial charge on any atom is 0.210 e. The summed E-state index contributed by atoms with van der Waals surface area (Å²) in [5.41, 5.74) is 7.59. The second kappa shape index (κ2) is 3.51. The van der Waals surface area contributed by atoms with Crippen molar-refractivity contribution < 1.29 is 0 Å². The van der Waals surface area contributed by atoms with Gasteiger partial charge >= 0.3 is 0 Å². The molecule has 2 heterocycles. The summed E-state index contributed by atoms with van der Waals surface area (Å²) in [6, 6.07) is 0. The van der Waals surface area contributed by atoms with Crippen LogP contribution in [0.4, 0.5) is 0 Å². The van der Waals surface area contributed by atoms with E-state index >= 15 is 0 Å². The minimum Gasteiger partial charge on any atom is -0.326 e. The lowest BCUT2D eigenvalue weighted by Gasteiger charge is -1.91. The van der Waals surface area contributed by atoms with Gasteiger partial charge in [0.2, 0.25) is 5.13 Å². The van der Waals surface area contributed by atoms with Crippen LogP contribution in [0.15, 0.2) is 12.4 Å². The van der Waals surface area contributed by atoms with Crippen molar-refractivity contribution in [3.8, 4) is 5.13 Å². The fraction of sp³-hybridized carbons (Fsp3) is 0.333. The Bertz CT molecular complexity index is 424. The summed E-state index contributed by atoms with van der Waals surface area (Å²) >= 11 is 1.64. The van der Waals surface area contributed by atoms with Gasteiger partial charge in [-0.25, -0.2) is 9.67 Å². The van der Waals surface area contributed by atoms with Crippen molar-refractivity contribution in [3.63, 3.8) is 0 Å². The van der Waals surface area contributed by atoms with Crippen molar-refractivity contribution in [3.05, 3.63) is 28.5 Å². The first-order valence-electron chi connectivity index (χ1n) is 4.38. The molecule has 0 amide bonds. The van der Waals surface area contributed by atoms with Crippen molar-refractivity contribution in [2.24, 2.45) is 5.73 Å². The smallest absolute Gasteiger partial charge is 0.210 e. The molecular formula is C9H12N4S. The lowest BCUT2D eigenvalue weighted by molar-refractivity contribution is 0.864. The molecule has 74 valence electrons. The molecule has 4 nitrogen and oxygen atoms in total. The number of hydrogen-bond acceptors (Lipinski definition) is 4. The molecule has 0 aliphatic rings. The minimum atomic E-state index is 0.517. The van der Waals surface area contributed by atoms with Crippen molar-refractivity contribution >= 4 is 11.3 Å². The van der Waals surface area contributed by atoms with E-state index in [-0.39, 0.29) is 0 Å². The first kappa shape index (κ1) is 9.36. The number of thiazole rings is 1. The highest BCUT2D eigenvalue weighted by molar-refractivity contribution is 7.14. The van der Waals surface area contributed by atoms with Crippen molar-refractivity contribution in [1.29, 1.82) is 0 Å². The summed E-state index contributed by atoms with van der Waals surface area (Å²) in [6.07, 6.45) is 3.68. The van der Waals surface area contributed by atoms with Gasteiger partial charge in [-0.1, -0.05) is 11.3 Å². The van der Waals surface area contributed by atoms with E-state index in [0.29, 0.717) is 6.54 Å². The average Bonchev–Trinajstić information content (AvgIpc) is 2.74. The van der Waals surface area contributed by atoms with Gasteiger partial charge in [0, 0.05) is 23.2 Å². The summed E-state index contributed by atoms with van der Waals surface area (Å²) < 4.78 is 1.77. The highest BCUT2D eigenvalue weighted by Crippen LogP contribution is 2.19. The van der Waals surface area contributed by atoms with Crippen molar-refractivity contribution in [2.45, 2.75) is 20.4 Å². The number of aryl methyl sites for hydroxylation is 2. The van der Waals surface area contributed by atoms with Gasteiger partial charge in [0.25, 0.3) is 0 Å². The molecule has 0 spiro atoms. The molecule has 2 rings (SSSR count). The SMILES string of the molecule is Cc1nc(-n2cc(CN)cn2)sc1C. The van der Waals surface area contributed by atoms with E-state index in [2.05, 4.69) is 17.0 Å². The molecule has 14 heavy (non-hydrogen) atoms. The third-order valence-corrected chi connectivity index (χ3v) is 3.15. The van der Waals surface area contributed by atoms with Crippen LogP contribution in [-0.4, -0.2) is 14.8 Å². The molecule has 0 aliphatic heterocycles. The molecule has 0 saturated carbocycles. The van der Waals surface area contributed by atoms with Crippen LogP contribution in [0.1, 0.15) is 16.1 Å². The van der Waals surface area contributed by atoms with Crippen LogP contribution < -0.4 is 5.73 Å². The van der Waals surface area contributed by atoms with E-state index in [4.69, 9.17) is 5.73 Å². The van der Waals surface area contributed by atoms with E-state index in [9.17, 15) is 0 Å². The molecule has 5 heteroatoms. The van der Waals surface area contributed by atoms with Gasteiger partial charge in [-0.3, -0.25) is 0 Å². The monoisotopic (exact) mass is 208 g/mol. The van der Waals surface area contributed by atoms with Crippen LogP contribution in [0.2, 0.25) is 0 Å². The summed E-state index contributed by atoms with van der Waals surface area (Å²) in [4.78, 5) is 5.63. The highest BCUT2D eigenvalue weighted by atomic mass is 32.1. The van der Waals surface area contributed by atoms with E-state index < -0.39 is 0 Å². The van der Waals surface area contributed by atoms with Gasteiger partial charge < -0.3 is 5.73 Å². The topological polar surface area (TPSA) is 56.7 Å². The molecule has 0 aliphatic carbocycles. The quantitative estimate of drug-likeness (QED) is 0.811. The fourth-order valence-electron chi connectivity index (χ4n) is 1.12. The molecule has 0 radical (unpaired) electrons. The number of hydrogen-bond donors (Lipinski definition) is 1. The Labute approximate surface area is 86.4 Å². The minimum absolute atomic E-state index is 0.517.